The zero-order chi connectivity index (χ0) is 13.4. The molecule has 0 saturated heterocycles. The van der Waals surface area contributed by atoms with E-state index in [1.54, 1.807) is 12.1 Å². The number of imidazole rings is 1. The maximum absolute atomic E-state index is 13.0. The molecule has 0 bridgehead atoms. The van der Waals surface area contributed by atoms with E-state index in [0.717, 1.165) is 28.2 Å². The second kappa shape index (κ2) is 4.48. The van der Waals surface area contributed by atoms with Crippen LogP contribution in [0.5, 0.6) is 0 Å². The van der Waals surface area contributed by atoms with E-state index in [1.807, 2.05) is 29.7 Å². The molecule has 0 atom stereocenters. The van der Waals surface area contributed by atoms with Crippen LogP contribution < -0.4 is 5.73 Å². The first-order valence-corrected chi connectivity index (χ1v) is 6.12. The number of rotatable bonds is 2. The molecule has 3 nitrogen and oxygen atoms in total. The van der Waals surface area contributed by atoms with E-state index in [1.165, 1.54) is 12.1 Å². The van der Waals surface area contributed by atoms with E-state index in [4.69, 9.17) is 5.73 Å². The van der Waals surface area contributed by atoms with E-state index >= 15 is 0 Å². The lowest BCUT2D eigenvalue weighted by molar-refractivity contribution is 0.628. The van der Waals surface area contributed by atoms with Crippen molar-refractivity contribution in [2.75, 3.05) is 0 Å². The van der Waals surface area contributed by atoms with Gasteiger partial charge in [-0.2, -0.15) is 0 Å². The van der Waals surface area contributed by atoms with Gasteiger partial charge in [0.15, 0.2) is 0 Å². The normalized spacial score (nSPS) is 11.1. The summed E-state index contributed by atoms with van der Waals surface area (Å²) in [6.07, 6.45) is 1.97. The summed E-state index contributed by atoms with van der Waals surface area (Å²) in [5, 5.41) is 0. The minimum Gasteiger partial charge on any atom is -0.326 e. The minimum atomic E-state index is -0.240. The Hall–Kier alpha value is -2.20. The maximum atomic E-state index is 13.0. The van der Waals surface area contributed by atoms with Gasteiger partial charge in [-0.25, -0.2) is 9.37 Å². The molecule has 0 aliphatic carbocycles. The Bertz CT molecular complexity index is 729. The molecule has 0 spiro atoms. The van der Waals surface area contributed by atoms with Gasteiger partial charge in [0.05, 0.1) is 5.69 Å². The number of pyridine rings is 1. The Labute approximate surface area is 110 Å². The average molecular weight is 255 g/mol. The third-order valence-corrected chi connectivity index (χ3v) is 3.28. The highest BCUT2D eigenvalue weighted by atomic mass is 19.1. The molecule has 96 valence electrons. The quantitative estimate of drug-likeness (QED) is 0.765. The number of benzene rings is 1. The third-order valence-electron chi connectivity index (χ3n) is 3.28. The topological polar surface area (TPSA) is 43.3 Å². The Balaban J connectivity index is 2.19. The van der Waals surface area contributed by atoms with Gasteiger partial charge < -0.3 is 10.1 Å². The highest BCUT2D eigenvalue weighted by Gasteiger charge is 2.10. The molecule has 0 unspecified atom stereocenters. The summed E-state index contributed by atoms with van der Waals surface area (Å²) < 4.78 is 15.0. The van der Waals surface area contributed by atoms with E-state index in [-0.39, 0.29) is 5.82 Å². The predicted octanol–water partition coefficient (Wildman–Crippen LogP) is 2.91. The summed E-state index contributed by atoms with van der Waals surface area (Å²) in [5.41, 5.74) is 10.4. The van der Waals surface area contributed by atoms with Crippen molar-refractivity contribution in [1.82, 2.24) is 9.38 Å². The van der Waals surface area contributed by atoms with Crippen LogP contribution in [0.15, 0.2) is 42.6 Å². The third kappa shape index (κ3) is 2.00. The molecule has 0 aliphatic heterocycles. The van der Waals surface area contributed by atoms with Gasteiger partial charge in [-0.05, 0) is 48.9 Å². The summed E-state index contributed by atoms with van der Waals surface area (Å²) in [5.74, 6) is -0.240. The molecule has 2 heterocycles. The molecule has 2 N–H and O–H groups in total. The summed E-state index contributed by atoms with van der Waals surface area (Å²) in [7, 11) is 0. The van der Waals surface area contributed by atoms with Gasteiger partial charge in [-0.1, -0.05) is 0 Å². The Morgan fingerprint density at radius 3 is 2.63 bits per heavy atom. The lowest BCUT2D eigenvalue weighted by atomic mass is 10.1. The fourth-order valence-corrected chi connectivity index (χ4v) is 2.22. The molecule has 1 aromatic carbocycles. The molecule has 3 aromatic rings. The molecular formula is C15H14FN3. The van der Waals surface area contributed by atoms with E-state index in [2.05, 4.69) is 4.98 Å². The first-order chi connectivity index (χ1) is 9.19. The van der Waals surface area contributed by atoms with Crippen molar-refractivity contribution in [1.29, 1.82) is 0 Å². The molecule has 4 heteroatoms. The number of hydrogen-bond acceptors (Lipinski definition) is 2. The van der Waals surface area contributed by atoms with Gasteiger partial charge in [0.2, 0.25) is 0 Å². The number of fused-ring (bicyclic) bond motifs is 1. The van der Waals surface area contributed by atoms with Crippen LogP contribution in [0.2, 0.25) is 0 Å². The predicted molar refractivity (Wildman–Crippen MR) is 73.2 cm³/mol. The standard InChI is InChI=1S/C15H14FN3/c1-10-15(12-2-4-13(16)5-3-12)18-14-8-11(9-17)6-7-19(10)14/h2-8H,9,17H2,1H3. The van der Waals surface area contributed by atoms with Crippen molar-refractivity contribution >= 4 is 5.65 Å². The van der Waals surface area contributed by atoms with Gasteiger partial charge in [-0.3, -0.25) is 0 Å². The molecule has 0 radical (unpaired) electrons. The van der Waals surface area contributed by atoms with Crippen LogP contribution >= 0.6 is 0 Å². The minimum absolute atomic E-state index is 0.240. The summed E-state index contributed by atoms with van der Waals surface area (Å²) in [4.78, 5) is 4.61. The van der Waals surface area contributed by atoms with Crippen molar-refractivity contribution < 1.29 is 4.39 Å². The molecule has 0 fully saturated rings. The number of nitrogens with two attached hydrogens (primary N) is 1. The first kappa shape index (κ1) is 11.9. The second-order valence-corrected chi connectivity index (χ2v) is 4.52. The van der Waals surface area contributed by atoms with E-state index in [0.29, 0.717) is 6.54 Å². The van der Waals surface area contributed by atoms with E-state index < -0.39 is 0 Å². The fraction of sp³-hybridized carbons (Fsp3) is 0.133. The van der Waals surface area contributed by atoms with Gasteiger partial charge in [0, 0.05) is 24.0 Å². The van der Waals surface area contributed by atoms with Crippen LogP contribution in [0.25, 0.3) is 16.9 Å². The van der Waals surface area contributed by atoms with Crippen LogP contribution in [0.3, 0.4) is 0 Å². The highest BCUT2D eigenvalue weighted by Crippen LogP contribution is 2.24. The number of nitrogens with zero attached hydrogens (tertiary/aromatic N) is 2. The number of aryl methyl sites for hydroxylation is 1. The van der Waals surface area contributed by atoms with Gasteiger partial charge >= 0.3 is 0 Å². The lowest BCUT2D eigenvalue weighted by Crippen LogP contribution is -1.97. The first-order valence-electron chi connectivity index (χ1n) is 6.12. The van der Waals surface area contributed by atoms with Crippen molar-refractivity contribution in [3.63, 3.8) is 0 Å². The zero-order valence-electron chi connectivity index (χ0n) is 10.6. The summed E-state index contributed by atoms with van der Waals surface area (Å²) in [6.45, 7) is 2.50. The van der Waals surface area contributed by atoms with Crippen molar-refractivity contribution in [3.8, 4) is 11.3 Å². The van der Waals surface area contributed by atoms with E-state index in [9.17, 15) is 4.39 Å². The monoisotopic (exact) mass is 255 g/mol. The lowest BCUT2D eigenvalue weighted by Gasteiger charge is -2.00. The largest absolute Gasteiger partial charge is 0.326 e. The zero-order valence-corrected chi connectivity index (χ0v) is 10.6. The molecule has 3 rings (SSSR count). The second-order valence-electron chi connectivity index (χ2n) is 4.52. The van der Waals surface area contributed by atoms with Gasteiger partial charge in [-0.15, -0.1) is 0 Å². The molecule has 0 saturated carbocycles. The van der Waals surface area contributed by atoms with Crippen LogP contribution in [-0.4, -0.2) is 9.38 Å². The molecular weight excluding hydrogens is 241 g/mol. The number of aromatic nitrogens is 2. The number of hydrogen-bond donors (Lipinski definition) is 1. The number of halogens is 1. The summed E-state index contributed by atoms with van der Waals surface area (Å²) in [6, 6.07) is 10.3. The Morgan fingerprint density at radius 2 is 1.95 bits per heavy atom. The van der Waals surface area contributed by atoms with Crippen LogP contribution in [0.4, 0.5) is 4.39 Å². The molecule has 19 heavy (non-hydrogen) atoms. The van der Waals surface area contributed by atoms with Crippen molar-refractivity contribution in [2.24, 2.45) is 5.73 Å². The van der Waals surface area contributed by atoms with Crippen LogP contribution in [0.1, 0.15) is 11.3 Å². The maximum Gasteiger partial charge on any atom is 0.137 e. The highest BCUT2D eigenvalue weighted by molar-refractivity contribution is 5.66. The van der Waals surface area contributed by atoms with Gasteiger partial charge in [0.1, 0.15) is 11.5 Å². The Morgan fingerprint density at radius 1 is 1.21 bits per heavy atom. The summed E-state index contributed by atoms with van der Waals surface area (Å²) >= 11 is 0. The van der Waals surface area contributed by atoms with Crippen molar-refractivity contribution in [2.45, 2.75) is 13.5 Å². The average Bonchev–Trinajstić information content (AvgIpc) is 2.76. The molecule has 2 aromatic heterocycles. The SMILES string of the molecule is Cc1c(-c2ccc(F)cc2)nc2cc(CN)ccn12. The van der Waals surface area contributed by atoms with Crippen LogP contribution in [-0.2, 0) is 6.54 Å². The Kier molecular flexibility index (Phi) is 2.80. The smallest absolute Gasteiger partial charge is 0.137 e. The van der Waals surface area contributed by atoms with Crippen molar-refractivity contribution in [3.05, 3.63) is 59.7 Å². The fourth-order valence-electron chi connectivity index (χ4n) is 2.22. The van der Waals surface area contributed by atoms with Gasteiger partial charge in [0.25, 0.3) is 0 Å². The molecule has 0 amide bonds. The molecule has 0 aliphatic rings. The van der Waals surface area contributed by atoms with Crippen LogP contribution in [0, 0.1) is 12.7 Å².